The summed E-state index contributed by atoms with van der Waals surface area (Å²) < 4.78 is 0. The standard InChI is InChI=1S/C18H18ClN3OS2.C3H9N/c1-12-17(10-23)21-18(25-12)22(9-16-11-24-13(2)20-16)8-7-14-3-5-15(19)6-4-14;1-3-4-2/h3-6,10-11H,7-9H2,1-2H3;4H,3H2,1-2H3. The lowest BCUT2D eigenvalue weighted by atomic mass is 10.1. The Morgan fingerprint density at radius 1 is 1.21 bits per heavy atom. The fraction of sp³-hybridized carbons (Fsp3) is 0.381. The minimum absolute atomic E-state index is 0.519. The molecule has 1 aromatic carbocycles. The van der Waals surface area contributed by atoms with Crippen molar-refractivity contribution in [3.63, 3.8) is 0 Å². The third-order valence-corrected chi connectivity index (χ3v) is 6.28. The van der Waals surface area contributed by atoms with E-state index in [1.807, 2.05) is 45.2 Å². The first-order chi connectivity index (χ1) is 14.0. The molecule has 1 N–H and O–H groups in total. The van der Waals surface area contributed by atoms with Crippen molar-refractivity contribution in [2.75, 3.05) is 25.0 Å². The number of nitrogens with one attached hydrogen (secondary N) is 1. The van der Waals surface area contributed by atoms with E-state index in [4.69, 9.17) is 11.6 Å². The van der Waals surface area contributed by atoms with E-state index in [2.05, 4.69) is 32.5 Å². The number of benzene rings is 1. The maximum absolute atomic E-state index is 11.1. The molecule has 0 saturated carbocycles. The molecular formula is C21H27ClN4OS2. The number of nitrogens with zero attached hydrogens (tertiary/aromatic N) is 3. The van der Waals surface area contributed by atoms with Crippen LogP contribution in [0.2, 0.25) is 5.02 Å². The topological polar surface area (TPSA) is 58.1 Å². The highest BCUT2D eigenvalue weighted by Gasteiger charge is 2.16. The molecule has 0 aliphatic heterocycles. The van der Waals surface area contributed by atoms with Gasteiger partial charge in [-0.25, -0.2) is 9.97 Å². The van der Waals surface area contributed by atoms with Crippen LogP contribution < -0.4 is 10.2 Å². The van der Waals surface area contributed by atoms with Gasteiger partial charge in [-0.3, -0.25) is 4.79 Å². The van der Waals surface area contributed by atoms with Crippen LogP contribution in [0.3, 0.4) is 0 Å². The first kappa shape index (κ1) is 23.5. The third-order valence-electron chi connectivity index (χ3n) is 4.16. The van der Waals surface area contributed by atoms with Gasteiger partial charge in [-0.1, -0.05) is 30.7 Å². The summed E-state index contributed by atoms with van der Waals surface area (Å²) in [4.78, 5) is 23.3. The number of hydrogen-bond acceptors (Lipinski definition) is 7. The van der Waals surface area contributed by atoms with Crippen molar-refractivity contribution in [1.82, 2.24) is 15.3 Å². The van der Waals surface area contributed by atoms with Gasteiger partial charge in [0.2, 0.25) is 0 Å². The number of rotatable bonds is 8. The van der Waals surface area contributed by atoms with Gasteiger partial charge in [-0.05, 0) is 51.6 Å². The van der Waals surface area contributed by atoms with Crippen LogP contribution in [0.4, 0.5) is 5.13 Å². The Labute approximate surface area is 185 Å². The molecular weight excluding hydrogens is 424 g/mol. The Morgan fingerprint density at radius 2 is 1.90 bits per heavy atom. The predicted octanol–water partition coefficient (Wildman–Crippen LogP) is 5.16. The van der Waals surface area contributed by atoms with Gasteiger partial charge >= 0.3 is 0 Å². The van der Waals surface area contributed by atoms with Crippen LogP contribution in [0.15, 0.2) is 29.6 Å². The molecule has 3 aromatic rings. The molecule has 2 heterocycles. The molecule has 0 spiro atoms. The van der Waals surface area contributed by atoms with Gasteiger partial charge in [0.05, 0.1) is 17.2 Å². The monoisotopic (exact) mass is 450 g/mol. The van der Waals surface area contributed by atoms with Crippen molar-refractivity contribution in [2.45, 2.75) is 33.7 Å². The molecule has 0 radical (unpaired) electrons. The van der Waals surface area contributed by atoms with Gasteiger partial charge < -0.3 is 10.2 Å². The zero-order valence-electron chi connectivity index (χ0n) is 17.2. The van der Waals surface area contributed by atoms with Crippen LogP contribution in [0, 0.1) is 13.8 Å². The van der Waals surface area contributed by atoms with Crippen LogP contribution >= 0.6 is 34.3 Å². The van der Waals surface area contributed by atoms with Gasteiger partial charge in [0.25, 0.3) is 0 Å². The SMILES string of the molecule is CCNC.Cc1nc(CN(CCc2ccc(Cl)cc2)c2nc(C=O)c(C)s2)cs1. The van der Waals surface area contributed by atoms with Crippen molar-refractivity contribution >= 4 is 45.7 Å². The maximum Gasteiger partial charge on any atom is 0.186 e. The van der Waals surface area contributed by atoms with E-state index >= 15 is 0 Å². The van der Waals surface area contributed by atoms with E-state index in [9.17, 15) is 4.79 Å². The van der Waals surface area contributed by atoms with E-state index in [0.29, 0.717) is 12.2 Å². The highest BCUT2D eigenvalue weighted by molar-refractivity contribution is 7.15. The minimum Gasteiger partial charge on any atom is -0.342 e. The van der Waals surface area contributed by atoms with Crippen LogP contribution in [0.5, 0.6) is 0 Å². The van der Waals surface area contributed by atoms with Gasteiger partial charge in [-0.15, -0.1) is 22.7 Å². The maximum atomic E-state index is 11.1. The molecule has 0 amide bonds. The molecule has 3 rings (SSSR count). The average Bonchev–Trinajstić information content (AvgIpc) is 3.31. The number of aromatic nitrogens is 2. The fourth-order valence-corrected chi connectivity index (χ4v) is 4.10. The molecule has 2 aromatic heterocycles. The van der Waals surface area contributed by atoms with E-state index in [1.165, 1.54) is 5.56 Å². The molecule has 0 fully saturated rings. The number of anilines is 1. The number of aryl methyl sites for hydroxylation is 2. The average molecular weight is 451 g/mol. The molecule has 0 unspecified atom stereocenters. The van der Waals surface area contributed by atoms with Crippen molar-refractivity contribution < 1.29 is 4.79 Å². The molecule has 0 saturated heterocycles. The Balaban J connectivity index is 0.000000687. The Morgan fingerprint density at radius 3 is 2.41 bits per heavy atom. The second-order valence-electron chi connectivity index (χ2n) is 6.42. The lowest BCUT2D eigenvalue weighted by Gasteiger charge is -2.21. The molecule has 5 nitrogen and oxygen atoms in total. The lowest BCUT2D eigenvalue weighted by Crippen LogP contribution is -2.25. The number of aldehydes is 1. The first-order valence-corrected chi connectivity index (χ1v) is 11.5. The smallest absolute Gasteiger partial charge is 0.186 e. The molecule has 156 valence electrons. The van der Waals surface area contributed by atoms with E-state index in [1.54, 1.807) is 22.7 Å². The van der Waals surface area contributed by atoms with E-state index < -0.39 is 0 Å². The van der Waals surface area contributed by atoms with Gasteiger partial charge in [0.1, 0.15) is 5.69 Å². The summed E-state index contributed by atoms with van der Waals surface area (Å²) in [6, 6.07) is 7.89. The number of halogens is 1. The molecule has 0 bridgehead atoms. The largest absolute Gasteiger partial charge is 0.342 e. The molecule has 8 heteroatoms. The number of hydrogen-bond donors (Lipinski definition) is 1. The van der Waals surface area contributed by atoms with Gasteiger partial charge in [0, 0.05) is 21.8 Å². The number of carbonyl (C=O) groups is 1. The normalized spacial score (nSPS) is 10.4. The first-order valence-electron chi connectivity index (χ1n) is 9.44. The quantitative estimate of drug-likeness (QED) is 0.480. The zero-order valence-corrected chi connectivity index (χ0v) is 19.6. The van der Waals surface area contributed by atoms with E-state index in [0.717, 1.165) is 51.5 Å². The predicted molar refractivity (Wildman–Crippen MR) is 125 cm³/mol. The highest BCUT2D eigenvalue weighted by atomic mass is 35.5. The molecule has 0 aliphatic rings. The van der Waals surface area contributed by atoms with E-state index in [-0.39, 0.29) is 0 Å². The molecule has 0 atom stereocenters. The highest BCUT2D eigenvalue weighted by Crippen LogP contribution is 2.27. The third kappa shape index (κ3) is 7.51. The summed E-state index contributed by atoms with van der Waals surface area (Å²) in [6.45, 7) is 8.55. The summed E-state index contributed by atoms with van der Waals surface area (Å²) >= 11 is 9.15. The van der Waals surface area contributed by atoms with Crippen molar-refractivity contribution in [1.29, 1.82) is 0 Å². The van der Waals surface area contributed by atoms with Crippen LogP contribution in [0.25, 0.3) is 0 Å². The summed E-state index contributed by atoms with van der Waals surface area (Å²) in [5.41, 5.74) is 2.76. The minimum atomic E-state index is 0.519. The van der Waals surface area contributed by atoms with Gasteiger partial charge in [-0.2, -0.15) is 0 Å². The second kappa shape index (κ2) is 12.0. The zero-order chi connectivity index (χ0) is 21.2. The fourth-order valence-electron chi connectivity index (χ4n) is 2.47. The summed E-state index contributed by atoms with van der Waals surface area (Å²) in [5, 5.41) is 7.66. The summed E-state index contributed by atoms with van der Waals surface area (Å²) in [7, 11) is 1.93. The summed E-state index contributed by atoms with van der Waals surface area (Å²) in [5.74, 6) is 0. The molecule has 0 aliphatic carbocycles. The Kier molecular flexibility index (Phi) is 9.73. The Bertz CT molecular complexity index is 890. The van der Waals surface area contributed by atoms with Crippen LogP contribution in [-0.2, 0) is 13.0 Å². The van der Waals surface area contributed by atoms with Crippen molar-refractivity contribution in [3.8, 4) is 0 Å². The molecule has 29 heavy (non-hydrogen) atoms. The van der Waals surface area contributed by atoms with Crippen LogP contribution in [0.1, 0.15) is 38.6 Å². The Hall–Kier alpha value is -1.80. The van der Waals surface area contributed by atoms with Crippen molar-refractivity contribution in [3.05, 3.63) is 61.5 Å². The summed E-state index contributed by atoms with van der Waals surface area (Å²) in [6.07, 6.45) is 1.69. The van der Waals surface area contributed by atoms with Crippen LogP contribution in [-0.4, -0.2) is 36.4 Å². The van der Waals surface area contributed by atoms with Gasteiger partial charge in [0.15, 0.2) is 11.4 Å². The number of thiazole rings is 2. The second-order valence-corrected chi connectivity index (χ2v) is 9.10. The number of carbonyl (C=O) groups excluding carboxylic acids is 1. The van der Waals surface area contributed by atoms with Crippen molar-refractivity contribution in [2.24, 2.45) is 0 Å². The lowest BCUT2D eigenvalue weighted by molar-refractivity contribution is 0.111.